The van der Waals surface area contributed by atoms with Gasteiger partial charge in [-0.2, -0.15) is 0 Å². The van der Waals surface area contributed by atoms with Gasteiger partial charge in [0.25, 0.3) is 0 Å². The topological polar surface area (TPSA) is 60.8 Å². The summed E-state index contributed by atoms with van der Waals surface area (Å²) in [6, 6.07) is 10.6. The number of fused-ring (bicyclic) bond motifs is 4. The van der Waals surface area contributed by atoms with Crippen LogP contribution >= 0.6 is 0 Å². The van der Waals surface area contributed by atoms with Crippen LogP contribution in [0.1, 0.15) is 32.0 Å². The molecule has 2 aromatic carbocycles. The van der Waals surface area contributed by atoms with E-state index in [1.165, 1.54) is 0 Å². The number of aromatic nitrogens is 1. The van der Waals surface area contributed by atoms with Gasteiger partial charge >= 0.3 is 0 Å². The second kappa shape index (κ2) is 6.80. The quantitative estimate of drug-likeness (QED) is 0.534. The molecule has 6 nitrogen and oxygen atoms in total. The Bertz CT molecular complexity index is 1110. The maximum absolute atomic E-state index is 13.4. The van der Waals surface area contributed by atoms with Crippen LogP contribution in [-0.2, 0) is 6.54 Å². The van der Waals surface area contributed by atoms with E-state index in [1.807, 2.05) is 29.6 Å². The molecule has 144 valence electrons. The van der Waals surface area contributed by atoms with Crippen LogP contribution in [0.2, 0.25) is 0 Å². The van der Waals surface area contributed by atoms with Gasteiger partial charge in [-0.15, -0.1) is 0 Å². The van der Waals surface area contributed by atoms with Gasteiger partial charge in [0.15, 0.2) is 5.78 Å². The Morgan fingerprint density at radius 3 is 2.25 bits per heavy atom. The Morgan fingerprint density at radius 2 is 1.64 bits per heavy atom. The first-order valence-corrected chi connectivity index (χ1v) is 9.09. The standard InChI is InChI=1S/C22H22N2O4/c1-23(2)9-10-24-16-11-13(27-3)12-17(28-4)18(16)19-20(24)22(26)15-8-6-5-7-14(15)21(19)25/h5-8,11-12H,9-10H2,1-4H3. The minimum absolute atomic E-state index is 0.138. The van der Waals surface area contributed by atoms with Crippen LogP contribution in [-0.4, -0.2) is 55.9 Å². The van der Waals surface area contributed by atoms with Crippen LogP contribution in [0.5, 0.6) is 11.5 Å². The summed E-state index contributed by atoms with van der Waals surface area (Å²) in [6.07, 6.45) is 0. The van der Waals surface area contributed by atoms with E-state index in [2.05, 4.69) is 0 Å². The Hall–Kier alpha value is -3.12. The van der Waals surface area contributed by atoms with Crippen molar-refractivity contribution in [2.24, 2.45) is 0 Å². The van der Waals surface area contributed by atoms with E-state index < -0.39 is 0 Å². The lowest BCUT2D eigenvalue weighted by atomic mass is 9.86. The number of ketones is 2. The van der Waals surface area contributed by atoms with Crippen molar-refractivity contribution < 1.29 is 19.1 Å². The van der Waals surface area contributed by atoms with Gasteiger partial charge in [0, 0.05) is 36.3 Å². The summed E-state index contributed by atoms with van der Waals surface area (Å²) in [5, 5.41) is 0.657. The van der Waals surface area contributed by atoms with E-state index in [9.17, 15) is 9.59 Å². The summed E-state index contributed by atoms with van der Waals surface area (Å²) in [6.45, 7) is 1.29. The van der Waals surface area contributed by atoms with E-state index >= 15 is 0 Å². The Balaban J connectivity index is 2.09. The summed E-state index contributed by atoms with van der Waals surface area (Å²) in [7, 11) is 7.09. The van der Waals surface area contributed by atoms with E-state index in [0.29, 0.717) is 45.8 Å². The maximum Gasteiger partial charge on any atom is 0.210 e. The molecule has 0 N–H and O–H groups in total. The molecule has 1 aliphatic rings. The highest BCUT2D eigenvalue weighted by atomic mass is 16.5. The van der Waals surface area contributed by atoms with Gasteiger partial charge in [0.05, 0.1) is 30.7 Å². The van der Waals surface area contributed by atoms with Gasteiger partial charge in [-0.1, -0.05) is 24.3 Å². The second-order valence-electron chi connectivity index (χ2n) is 7.11. The van der Waals surface area contributed by atoms with E-state index in [1.54, 1.807) is 44.6 Å². The van der Waals surface area contributed by atoms with Crippen LogP contribution in [0, 0.1) is 0 Å². The van der Waals surface area contributed by atoms with Crippen molar-refractivity contribution in [1.82, 2.24) is 9.47 Å². The number of methoxy groups -OCH3 is 2. The number of benzene rings is 2. The van der Waals surface area contributed by atoms with Gasteiger partial charge in [0.2, 0.25) is 5.78 Å². The molecule has 4 rings (SSSR count). The van der Waals surface area contributed by atoms with E-state index in [-0.39, 0.29) is 11.6 Å². The van der Waals surface area contributed by atoms with Crippen LogP contribution in [0.15, 0.2) is 36.4 Å². The Kier molecular flexibility index (Phi) is 4.43. The van der Waals surface area contributed by atoms with Crippen LogP contribution in [0.4, 0.5) is 0 Å². The van der Waals surface area contributed by atoms with Crippen molar-refractivity contribution in [3.05, 3.63) is 58.8 Å². The highest BCUT2D eigenvalue weighted by Crippen LogP contribution is 2.41. The number of ether oxygens (including phenoxy) is 2. The molecule has 6 heteroatoms. The van der Waals surface area contributed by atoms with Gasteiger partial charge in [-0.25, -0.2) is 0 Å². The van der Waals surface area contributed by atoms with Crippen molar-refractivity contribution in [3.8, 4) is 11.5 Å². The fourth-order valence-corrected chi connectivity index (χ4v) is 3.82. The molecule has 1 heterocycles. The summed E-state index contributed by atoms with van der Waals surface area (Å²) in [5.41, 5.74) is 2.48. The molecular formula is C22H22N2O4. The molecule has 1 aliphatic carbocycles. The zero-order valence-corrected chi connectivity index (χ0v) is 16.4. The van der Waals surface area contributed by atoms with Crippen LogP contribution < -0.4 is 9.47 Å². The largest absolute Gasteiger partial charge is 0.497 e. The normalized spacial score (nSPS) is 13.0. The molecule has 28 heavy (non-hydrogen) atoms. The lowest BCUT2D eigenvalue weighted by molar-refractivity contribution is 0.0974. The molecule has 0 unspecified atom stereocenters. The fourth-order valence-electron chi connectivity index (χ4n) is 3.82. The average molecular weight is 378 g/mol. The van der Waals surface area contributed by atoms with Gasteiger partial charge in [-0.05, 0) is 14.1 Å². The molecule has 0 radical (unpaired) electrons. The number of carbonyl (C=O) groups excluding carboxylic acids is 2. The predicted molar refractivity (Wildman–Crippen MR) is 107 cm³/mol. The molecule has 0 aliphatic heterocycles. The number of hydrogen-bond donors (Lipinski definition) is 0. The predicted octanol–water partition coefficient (Wildman–Crippen LogP) is 3.00. The molecule has 0 bridgehead atoms. The van der Waals surface area contributed by atoms with Crippen molar-refractivity contribution in [2.75, 3.05) is 34.9 Å². The smallest absolute Gasteiger partial charge is 0.210 e. The van der Waals surface area contributed by atoms with Gasteiger partial charge in [-0.3, -0.25) is 9.59 Å². The second-order valence-corrected chi connectivity index (χ2v) is 7.11. The first-order chi connectivity index (χ1) is 13.5. The van der Waals surface area contributed by atoms with E-state index in [0.717, 1.165) is 12.1 Å². The third-order valence-electron chi connectivity index (χ3n) is 5.19. The average Bonchev–Trinajstić information content (AvgIpc) is 3.04. The van der Waals surface area contributed by atoms with Crippen LogP contribution in [0.25, 0.3) is 10.9 Å². The fraction of sp³-hybridized carbons (Fsp3) is 0.273. The number of nitrogens with zero attached hydrogens (tertiary/aromatic N) is 2. The molecular weight excluding hydrogens is 356 g/mol. The molecule has 0 amide bonds. The minimum atomic E-state index is -0.151. The summed E-state index contributed by atoms with van der Waals surface area (Å²) >= 11 is 0. The molecule has 1 aromatic heterocycles. The monoisotopic (exact) mass is 378 g/mol. The zero-order chi connectivity index (χ0) is 20.0. The van der Waals surface area contributed by atoms with Crippen molar-refractivity contribution in [3.63, 3.8) is 0 Å². The van der Waals surface area contributed by atoms with Crippen LogP contribution in [0.3, 0.4) is 0 Å². The summed E-state index contributed by atoms with van der Waals surface area (Å²) in [4.78, 5) is 28.8. The highest BCUT2D eigenvalue weighted by Gasteiger charge is 2.36. The number of hydrogen-bond acceptors (Lipinski definition) is 5. The Morgan fingerprint density at radius 1 is 0.964 bits per heavy atom. The minimum Gasteiger partial charge on any atom is -0.497 e. The van der Waals surface area contributed by atoms with Crippen molar-refractivity contribution >= 4 is 22.5 Å². The zero-order valence-electron chi connectivity index (χ0n) is 16.4. The lowest BCUT2D eigenvalue weighted by Gasteiger charge is -2.18. The van der Waals surface area contributed by atoms with Gasteiger partial charge in [0.1, 0.15) is 17.2 Å². The SMILES string of the molecule is COc1cc(OC)c2c3c(n(CCN(C)C)c2c1)C(=O)c1ccccc1C3=O. The van der Waals surface area contributed by atoms with Crippen molar-refractivity contribution in [1.29, 1.82) is 0 Å². The molecule has 0 atom stereocenters. The lowest BCUT2D eigenvalue weighted by Crippen LogP contribution is -2.25. The third kappa shape index (κ3) is 2.60. The molecule has 0 fully saturated rings. The maximum atomic E-state index is 13.4. The molecule has 0 saturated heterocycles. The number of likely N-dealkylation sites (N-methyl/N-ethyl adjacent to an activating group) is 1. The van der Waals surface area contributed by atoms with E-state index in [4.69, 9.17) is 9.47 Å². The summed E-state index contributed by atoms with van der Waals surface area (Å²) in [5.74, 6) is 0.848. The molecule has 0 spiro atoms. The molecule has 3 aromatic rings. The van der Waals surface area contributed by atoms with Crippen molar-refractivity contribution in [2.45, 2.75) is 6.54 Å². The highest BCUT2D eigenvalue weighted by molar-refractivity contribution is 6.32. The van der Waals surface area contributed by atoms with Gasteiger partial charge < -0.3 is 18.9 Å². The Labute approximate surface area is 163 Å². The molecule has 0 saturated carbocycles. The first kappa shape index (κ1) is 18.3. The summed E-state index contributed by atoms with van der Waals surface area (Å²) < 4.78 is 12.9. The third-order valence-corrected chi connectivity index (χ3v) is 5.19. The number of carbonyl (C=O) groups is 2. The first-order valence-electron chi connectivity index (χ1n) is 9.09. The number of rotatable bonds is 5.